The standard InChI is InChI=1S/C14H17BrN2S/c1-3-4-12(16-2)14-6-5-13(18-14)10-7-11(15)9-17-8-10/h5-9,12,16H,3-4H2,1-2H3. The number of thiophene rings is 1. The molecule has 0 fully saturated rings. The number of halogens is 1. The smallest absolute Gasteiger partial charge is 0.0412 e. The number of pyridine rings is 1. The summed E-state index contributed by atoms with van der Waals surface area (Å²) in [5.41, 5.74) is 1.17. The fourth-order valence-corrected chi connectivity index (χ4v) is 3.46. The average molecular weight is 325 g/mol. The summed E-state index contributed by atoms with van der Waals surface area (Å²) in [4.78, 5) is 6.89. The van der Waals surface area contributed by atoms with E-state index < -0.39 is 0 Å². The number of hydrogen-bond donors (Lipinski definition) is 1. The van der Waals surface area contributed by atoms with Gasteiger partial charge in [0, 0.05) is 38.2 Å². The molecule has 2 rings (SSSR count). The predicted molar refractivity (Wildman–Crippen MR) is 82.0 cm³/mol. The summed E-state index contributed by atoms with van der Waals surface area (Å²) in [7, 11) is 2.03. The van der Waals surface area contributed by atoms with E-state index >= 15 is 0 Å². The number of hydrogen-bond acceptors (Lipinski definition) is 3. The Morgan fingerprint density at radius 1 is 1.39 bits per heavy atom. The van der Waals surface area contributed by atoms with Gasteiger partial charge in [0.2, 0.25) is 0 Å². The molecule has 2 nitrogen and oxygen atoms in total. The van der Waals surface area contributed by atoms with Crippen molar-refractivity contribution in [1.29, 1.82) is 0 Å². The van der Waals surface area contributed by atoms with Gasteiger partial charge < -0.3 is 5.32 Å². The molecule has 2 aromatic heterocycles. The van der Waals surface area contributed by atoms with Crippen LogP contribution in [0, 0.1) is 0 Å². The van der Waals surface area contributed by atoms with Crippen molar-refractivity contribution in [2.75, 3.05) is 7.05 Å². The highest BCUT2D eigenvalue weighted by Crippen LogP contribution is 2.33. The van der Waals surface area contributed by atoms with Crippen LogP contribution in [-0.2, 0) is 0 Å². The summed E-state index contributed by atoms with van der Waals surface area (Å²) in [5, 5.41) is 3.38. The van der Waals surface area contributed by atoms with Crippen LogP contribution in [0.1, 0.15) is 30.7 Å². The van der Waals surface area contributed by atoms with Gasteiger partial charge in [-0.15, -0.1) is 11.3 Å². The first-order chi connectivity index (χ1) is 8.74. The third-order valence-corrected chi connectivity index (χ3v) is 4.57. The fourth-order valence-electron chi connectivity index (χ4n) is 1.96. The molecule has 18 heavy (non-hydrogen) atoms. The van der Waals surface area contributed by atoms with Gasteiger partial charge >= 0.3 is 0 Å². The Kier molecular flexibility index (Phi) is 4.92. The van der Waals surface area contributed by atoms with Crippen LogP contribution in [0.4, 0.5) is 0 Å². The van der Waals surface area contributed by atoms with Crippen LogP contribution < -0.4 is 5.32 Å². The van der Waals surface area contributed by atoms with Gasteiger partial charge in [-0.3, -0.25) is 4.98 Å². The Hall–Kier alpha value is -0.710. The lowest BCUT2D eigenvalue weighted by atomic mass is 10.1. The molecule has 1 unspecified atom stereocenters. The summed E-state index contributed by atoms with van der Waals surface area (Å²) < 4.78 is 1.02. The van der Waals surface area contributed by atoms with Crippen molar-refractivity contribution in [2.24, 2.45) is 0 Å². The molecule has 0 aliphatic carbocycles. The maximum atomic E-state index is 4.22. The van der Waals surface area contributed by atoms with Crippen molar-refractivity contribution < 1.29 is 0 Å². The first-order valence-corrected chi connectivity index (χ1v) is 7.73. The van der Waals surface area contributed by atoms with E-state index in [4.69, 9.17) is 0 Å². The largest absolute Gasteiger partial charge is 0.312 e. The number of rotatable bonds is 5. The zero-order valence-corrected chi connectivity index (χ0v) is 13.0. The van der Waals surface area contributed by atoms with Gasteiger partial charge in [-0.05, 0) is 47.6 Å². The molecule has 0 amide bonds. The molecule has 0 aliphatic rings. The van der Waals surface area contributed by atoms with E-state index in [2.05, 4.69) is 51.4 Å². The molecule has 0 aromatic carbocycles. The number of nitrogens with one attached hydrogen (secondary N) is 1. The number of aromatic nitrogens is 1. The minimum Gasteiger partial charge on any atom is -0.312 e. The zero-order valence-electron chi connectivity index (χ0n) is 10.6. The Morgan fingerprint density at radius 2 is 2.22 bits per heavy atom. The molecular formula is C14H17BrN2S. The van der Waals surface area contributed by atoms with Crippen LogP contribution in [-0.4, -0.2) is 12.0 Å². The summed E-state index contributed by atoms with van der Waals surface area (Å²) in [5.74, 6) is 0. The second-order valence-electron chi connectivity index (χ2n) is 4.22. The Balaban J connectivity index is 2.24. The fraction of sp³-hybridized carbons (Fsp3) is 0.357. The Bertz CT molecular complexity index is 510. The van der Waals surface area contributed by atoms with Crippen LogP contribution in [0.25, 0.3) is 10.4 Å². The molecule has 0 radical (unpaired) electrons. The monoisotopic (exact) mass is 324 g/mol. The van der Waals surface area contributed by atoms with Gasteiger partial charge in [0.25, 0.3) is 0 Å². The molecule has 1 N–H and O–H groups in total. The van der Waals surface area contributed by atoms with Gasteiger partial charge in [-0.1, -0.05) is 13.3 Å². The first kappa shape index (κ1) is 13.7. The summed E-state index contributed by atoms with van der Waals surface area (Å²) in [6.45, 7) is 2.22. The van der Waals surface area contributed by atoms with Crippen LogP contribution in [0.3, 0.4) is 0 Å². The van der Waals surface area contributed by atoms with E-state index in [1.165, 1.54) is 28.2 Å². The quantitative estimate of drug-likeness (QED) is 0.867. The summed E-state index contributed by atoms with van der Waals surface area (Å²) >= 11 is 5.31. The van der Waals surface area contributed by atoms with E-state index in [9.17, 15) is 0 Å². The molecule has 96 valence electrons. The lowest BCUT2D eigenvalue weighted by Gasteiger charge is -2.12. The highest BCUT2D eigenvalue weighted by atomic mass is 79.9. The van der Waals surface area contributed by atoms with Crippen molar-refractivity contribution in [2.45, 2.75) is 25.8 Å². The van der Waals surface area contributed by atoms with Crippen LogP contribution in [0.5, 0.6) is 0 Å². The van der Waals surface area contributed by atoms with Crippen molar-refractivity contribution >= 4 is 27.3 Å². The first-order valence-electron chi connectivity index (χ1n) is 6.12. The Labute approximate surface area is 121 Å². The lowest BCUT2D eigenvalue weighted by molar-refractivity contribution is 0.550. The lowest BCUT2D eigenvalue weighted by Crippen LogP contribution is -2.14. The van der Waals surface area contributed by atoms with Gasteiger partial charge in [-0.2, -0.15) is 0 Å². The average Bonchev–Trinajstić information content (AvgIpc) is 2.85. The van der Waals surface area contributed by atoms with Crippen molar-refractivity contribution in [3.8, 4) is 10.4 Å². The molecule has 2 heterocycles. The van der Waals surface area contributed by atoms with E-state index in [0.717, 1.165) is 4.47 Å². The van der Waals surface area contributed by atoms with E-state index in [-0.39, 0.29) is 0 Å². The van der Waals surface area contributed by atoms with Crippen LogP contribution in [0.2, 0.25) is 0 Å². The highest BCUT2D eigenvalue weighted by Gasteiger charge is 2.11. The highest BCUT2D eigenvalue weighted by molar-refractivity contribution is 9.10. The topological polar surface area (TPSA) is 24.9 Å². The molecule has 0 saturated carbocycles. The van der Waals surface area contributed by atoms with Crippen molar-refractivity contribution in [3.63, 3.8) is 0 Å². The Morgan fingerprint density at radius 3 is 2.89 bits per heavy atom. The van der Waals surface area contributed by atoms with Crippen molar-refractivity contribution in [3.05, 3.63) is 39.9 Å². The molecule has 4 heteroatoms. The van der Waals surface area contributed by atoms with Gasteiger partial charge in [0.05, 0.1) is 0 Å². The van der Waals surface area contributed by atoms with E-state index in [0.29, 0.717) is 6.04 Å². The molecule has 0 aliphatic heterocycles. The summed E-state index contributed by atoms with van der Waals surface area (Å²) in [6.07, 6.45) is 6.09. The maximum Gasteiger partial charge on any atom is 0.0412 e. The van der Waals surface area contributed by atoms with Gasteiger partial charge in [0.1, 0.15) is 0 Å². The molecule has 0 bridgehead atoms. The third-order valence-electron chi connectivity index (χ3n) is 2.89. The molecular weight excluding hydrogens is 308 g/mol. The van der Waals surface area contributed by atoms with E-state index in [1.807, 2.05) is 30.8 Å². The second-order valence-corrected chi connectivity index (χ2v) is 6.25. The normalized spacial score (nSPS) is 12.6. The maximum absolute atomic E-state index is 4.22. The number of nitrogens with zero attached hydrogens (tertiary/aromatic N) is 1. The predicted octanol–water partition coefficient (Wildman–Crippen LogP) is 4.63. The molecule has 1 atom stereocenters. The van der Waals surface area contributed by atoms with Gasteiger partial charge in [0.15, 0.2) is 0 Å². The van der Waals surface area contributed by atoms with Crippen molar-refractivity contribution in [1.82, 2.24) is 10.3 Å². The zero-order chi connectivity index (χ0) is 13.0. The molecule has 0 saturated heterocycles. The minimum absolute atomic E-state index is 0.467. The minimum atomic E-state index is 0.467. The second kappa shape index (κ2) is 6.45. The SMILES string of the molecule is CCCC(NC)c1ccc(-c2cncc(Br)c2)s1. The van der Waals surface area contributed by atoms with Crippen LogP contribution in [0.15, 0.2) is 35.1 Å². The van der Waals surface area contributed by atoms with E-state index in [1.54, 1.807) is 0 Å². The summed E-state index contributed by atoms with van der Waals surface area (Å²) in [6, 6.07) is 6.98. The van der Waals surface area contributed by atoms with Crippen LogP contribution >= 0.6 is 27.3 Å². The van der Waals surface area contributed by atoms with Gasteiger partial charge in [-0.25, -0.2) is 0 Å². The third kappa shape index (κ3) is 3.19. The molecule has 2 aromatic rings. The molecule has 0 spiro atoms.